The first-order valence-corrected chi connectivity index (χ1v) is 5.15. The molecule has 2 aromatic rings. The predicted molar refractivity (Wildman–Crippen MR) is 36.3 cm³/mol. The quantitative estimate of drug-likeness (QED) is 0.317. The zero-order valence-corrected chi connectivity index (χ0v) is 8.14. The van der Waals surface area contributed by atoms with Crippen LogP contribution in [0.3, 0.4) is 0 Å². The van der Waals surface area contributed by atoms with Crippen LogP contribution in [0.4, 0.5) is 17.6 Å². The second-order valence-corrected chi connectivity index (χ2v) is 3.73. The van der Waals surface area contributed by atoms with Gasteiger partial charge in [0, 0.05) is 0 Å². The number of fused-ring (bicyclic) bond motifs is 1. The molecule has 0 bridgehead atoms. The van der Waals surface area contributed by atoms with E-state index < -0.39 is 55.3 Å². The molecule has 1 aromatic heterocycles. The van der Waals surface area contributed by atoms with Gasteiger partial charge in [0.15, 0.2) is 0 Å². The van der Waals surface area contributed by atoms with Gasteiger partial charge >= 0.3 is 79.3 Å². The Morgan fingerprint density at radius 1 is 0.692 bits per heavy atom. The summed E-state index contributed by atoms with van der Waals surface area (Å²) in [6.07, 6.45) is 0. The Balaban J connectivity index is 3.02. The van der Waals surface area contributed by atoms with Gasteiger partial charge in [-0.3, -0.25) is 0 Å². The zero-order valence-electron chi connectivity index (χ0n) is 5.81. The first-order valence-electron chi connectivity index (χ1n) is 3.07. The third kappa shape index (κ3) is 1.15. The van der Waals surface area contributed by atoms with Crippen molar-refractivity contribution in [1.82, 2.24) is 6.41 Å². The average molecular weight is 304 g/mol. The summed E-state index contributed by atoms with van der Waals surface area (Å²) in [5.74, 6) is -6.57. The maximum atomic E-state index is 12.8. The fraction of sp³-hybridized carbons (Fsp3) is 0. The molecule has 0 saturated carbocycles. The number of benzene rings is 1. The molecule has 0 fully saturated rings. The minimum absolute atomic E-state index is 0.487. The Bertz CT molecular complexity index is 439. The minimum atomic E-state index is -1.83. The molecule has 0 aliphatic rings. The molecule has 2 rings (SSSR count). The normalized spacial score (nSPS) is 11.1. The van der Waals surface area contributed by atoms with E-state index in [9.17, 15) is 17.6 Å². The Labute approximate surface area is 79.6 Å². The summed E-state index contributed by atoms with van der Waals surface area (Å²) in [6, 6.07) is 0. The van der Waals surface area contributed by atoms with E-state index in [4.69, 9.17) is 0 Å². The van der Waals surface area contributed by atoms with Gasteiger partial charge in [0.25, 0.3) is 0 Å². The van der Waals surface area contributed by atoms with Gasteiger partial charge in [-0.05, 0) is 0 Å². The van der Waals surface area contributed by atoms with Crippen LogP contribution in [0, 0.1) is 23.3 Å². The number of aromatic nitrogens is 2. The molecule has 0 N–H and O–H groups in total. The van der Waals surface area contributed by atoms with E-state index >= 15 is 0 Å². The molecule has 0 radical (unpaired) electrons. The second kappa shape index (κ2) is 2.92. The van der Waals surface area contributed by atoms with E-state index in [0.717, 1.165) is 0 Å². The first-order chi connectivity index (χ1) is 6.13. The molecule has 1 aromatic carbocycles. The number of hydrogen-bond donors (Lipinski definition) is 0. The van der Waals surface area contributed by atoms with Crippen LogP contribution in [0.15, 0.2) is 0 Å². The van der Waals surface area contributed by atoms with Crippen molar-refractivity contribution in [1.29, 1.82) is 0 Å². The molecule has 0 atom stereocenters. The molecule has 0 aliphatic heterocycles. The van der Waals surface area contributed by atoms with Gasteiger partial charge in [-0.1, -0.05) is 0 Å². The molecular formula is C6F4N2Te. The topological polar surface area (TPSA) is 25.8 Å². The SMILES string of the molecule is Fc1c(F)c(F)c2n[te]nc2c1F. The summed E-state index contributed by atoms with van der Waals surface area (Å²) >= 11 is -1.27. The molecular weight excluding hydrogens is 304 g/mol. The summed E-state index contributed by atoms with van der Waals surface area (Å²) in [6.45, 7) is 0. The number of nitrogens with zero attached hydrogens (tertiary/aromatic N) is 2. The van der Waals surface area contributed by atoms with E-state index in [0.29, 0.717) is 0 Å². The Kier molecular flexibility index (Phi) is 2.00. The van der Waals surface area contributed by atoms with Crippen molar-refractivity contribution in [2.75, 3.05) is 0 Å². The molecule has 0 spiro atoms. The van der Waals surface area contributed by atoms with Crippen molar-refractivity contribution in [2.45, 2.75) is 0 Å². The molecule has 0 unspecified atom stereocenters. The van der Waals surface area contributed by atoms with Crippen molar-refractivity contribution in [3.05, 3.63) is 23.3 Å². The summed E-state index contributed by atoms with van der Waals surface area (Å²) in [5, 5.41) is 0. The first kappa shape index (κ1) is 8.91. The number of rotatable bonds is 0. The van der Waals surface area contributed by atoms with Gasteiger partial charge in [-0.2, -0.15) is 0 Å². The van der Waals surface area contributed by atoms with Crippen LogP contribution in [0.2, 0.25) is 0 Å². The molecule has 13 heavy (non-hydrogen) atoms. The predicted octanol–water partition coefficient (Wildman–Crippen LogP) is 1.24. The Morgan fingerprint density at radius 2 is 1.08 bits per heavy atom. The third-order valence-corrected chi connectivity index (χ3v) is 2.99. The van der Waals surface area contributed by atoms with Crippen molar-refractivity contribution in [3.63, 3.8) is 0 Å². The van der Waals surface area contributed by atoms with Crippen LogP contribution < -0.4 is 0 Å². The van der Waals surface area contributed by atoms with Gasteiger partial charge < -0.3 is 0 Å². The van der Waals surface area contributed by atoms with Gasteiger partial charge in [0.2, 0.25) is 0 Å². The molecule has 2 nitrogen and oxygen atoms in total. The molecule has 0 aliphatic carbocycles. The standard InChI is InChI=1S/C6F4N2Te/c7-1-2(8)4(10)6-5(3(1)9)11-13-12-6. The maximum absolute atomic E-state index is 12.8. The van der Waals surface area contributed by atoms with E-state index in [1.54, 1.807) is 0 Å². The van der Waals surface area contributed by atoms with Crippen LogP contribution in [-0.4, -0.2) is 27.4 Å². The van der Waals surface area contributed by atoms with Gasteiger partial charge in [0.1, 0.15) is 0 Å². The van der Waals surface area contributed by atoms with Crippen molar-refractivity contribution < 1.29 is 17.6 Å². The average Bonchev–Trinajstić information content (AvgIpc) is 2.59. The number of hydrogen-bond acceptors (Lipinski definition) is 2. The Hall–Kier alpha value is -0.670. The van der Waals surface area contributed by atoms with Crippen LogP contribution in [0.5, 0.6) is 0 Å². The number of halogens is 4. The van der Waals surface area contributed by atoms with E-state index in [-0.39, 0.29) is 0 Å². The monoisotopic (exact) mass is 306 g/mol. The zero-order chi connectivity index (χ0) is 9.59. The van der Waals surface area contributed by atoms with Crippen molar-refractivity contribution in [2.24, 2.45) is 0 Å². The summed E-state index contributed by atoms with van der Waals surface area (Å²) in [7, 11) is 0. The second-order valence-electron chi connectivity index (χ2n) is 2.22. The third-order valence-electron chi connectivity index (χ3n) is 1.48. The van der Waals surface area contributed by atoms with Crippen LogP contribution in [0.25, 0.3) is 11.0 Å². The molecule has 0 amide bonds. The van der Waals surface area contributed by atoms with Crippen molar-refractivity contribution in [3.8, 4) is 0 Å². The van der Waals surface area contributed by atoms with Gasteiger partial charge in [0.05, 0.1) is 0 Å². The Morgan fingerprint density at radius 3 is 1.46 bits per heavy atom. The summed E-state index contributed by atoms with van der Waals surface area (Å²) in [5.41, 5.74) is -0.974. The van der Waals surface area contributed by atoms with Gasteiger partial charge in [-0.15, -0.1) is 0 Å². The fourth-order valence-electron chi connectivity index (χ4n) is 0.877. The molecule has 1 heterocycles. The summed E-state index contributed by atoms with van der Waals surface area (Å²) < 4.78 is 57.8. The van der Waals surface area contributed by atoms with Crippen LogP contribution in [0.1, 0.15) is 0 Å². The molecule has 0 saturated heterocycles. The van der Waals surface area contributed by atoms with E-state index in [1.807, 2.05) is 0 Å². The summed E-state index contributed by atoms with van der Waals surface area (Å²) in [4.78, 5) is 0. The molecule has 7 heteroatoms. The van der Waals surface area contributed by atoms with Crippen LogP contribution in [-0.2, 0) is 0 Å². The fourth-order valence-corrected chi connectivity index (χ4v) is 2.41. The van der Waals surface area contributed by atoms with E-state index in [2.05, 4.69) is 6.41 Å². The van der Waals surface area contributed by atoms with Crippen LogP contribution >= 0.6 is 0 Å². The van der Waals surface area contributed by atoms with Crippen molar-refractivity contribution >= 4 is 32.0 Å². The molecule has 68 valence electrons. The van der Waals surface area contributed by atoms with E-state index in [1.165, 1.54) is 0 Å². The van der Waals surface area contributed by atoms with Gasteiger partial charge in [-0.25, -0.2) is 0 Å².